The molecule has 1 aromatic carbocycles. The molecule has 17 unspecified atom stereocenters. The molecule has 1 spiro atoms. The fraction of sp³-hybridized carbons (Fsp3) is 0.725. The lowest BCUT2D eigenvalue weighted by molar-refractivity contribution is -0.348. The number of carbonyl (C=O) groups is 2. The zero-order valence-electron chi connectivity index (χ0n) is 35.4. The molecule has 0 radical (unpaired) electrons. The van der Waals surface area contributed by atoms with Crippen molar-refractivity contribution in [2.45, 2.75) is 144 Å². The lowest BCUT2D eigenvalue weighted by atomic mass is 9.34. The van der Waals surface area contributed by atoms with Crippen molar-refractivity contribution in [3.8, 4) is 11.8 Å². The quantitative estimate of drug-likeness (QED) is 0.0735. The first kappa shape index (κ1) is 40.9. The molecule has 4 bridgehead atoms. The van der Waals surface area contributed by atoms with Gasteiger partial charge in [-0.1, -0.05) is 67.9 Å². The third kappa shape index (κ3) is 5.12. The number of fused-ring (bicyclic) bond motifs is 8. The average Bonchev–Trinajstić information content (AvgIpc) is 3.96. The average molecular weight is 836 g/mol. The number of rotatable bonds is 5. The Bertz CT molecular complexity index is 2090. The molecule has 10 nitrogen and oxygen atoms in total. The summed E-state index contributed by atoms with van der Waals surface area (Å²) >= 11 is 0. The number of ether oxygens (including phenoxy) is 1. The summed E-state index contributed by atoms with van der Waals surface area (Å²) in [5, 5.41) is 80.2. The van der Waals surface area contributed by atoms with Crippen molar-refractivity contribution in [1.82, 2.24) is 5.32 Å². The summed E-state index contributed by atoms with van der Waals surface area (Å²) in [7, 11) is 0. The Morgan fingerprint density at radius 1 is 0.918 bits per heavy atom. The molecule has 1 heterocycles. The maximum absolute atomic E-state index is 14.4. The molecule has 10 aliphatic rings. The molecule has 7 saturated carbocycles. The first-order valence-corrected chi connectivity index (χ1v) is 23.9. The molecule has 9 aliphatic carbocycles. The topological polar surface area (TPSA) is 177 Å². The second kappa shape index (κ2) is 14.3. The number of allylic oxidation sites excluding steroid dienone is 2. The maximum Gasteiger partial charge on any atom is 0.331 e. The highest BCUT2D eigenvalue weighted by Crippen LogP contribution is 2.81. The van der Waals surface area contributed by atoms with Gasteiger partial charge in [-0.25, -0.2) is 4.79 Å². The minimum absolute atomic E-state index is 0.0822. The van der Waals surface area contributed by atoms with E-state index >= 15 is 0 Å². The van der Waals surface area contributed by atoms with Gasteiger partial charge in [0.15, 0.2) is 0 Å². The van der Waals surface area contributed by atoms with Crippen LogP contribution in [0.25, 0.3) is 0 Å². The molecule has 17 atom stereocenters. The van der Waals surface area contributed by atoms with Crippen LogP contribution in [-0.4, -0.2) is 91.3 Å². The molecule has 11 rings (SSSR count). The van der Waals surface area contributed by atoms with Gasteiger partial charge in [0, 0.05) is 52.7 Å². The number of carbonyl (C=O) groups excluding carboxylic acids is 2. The second-order valence-corrected chi connectivity index (χ2v) is 21.7. The molecular formula is C51H65NO9. The van der Waals surface area contributed by atoms with E-state index in [2.05, 4.69) is 29.3 Å². The summed E-state index contributed by atoms with van der Waals surface area (Å²) in [5.41, 5.74) is -6.46. The molecule has 0 amide bonds. The fourth-order valence-corrected chi connectivity index (χ4v) is 18.2. The number of hydrogen-bond donors (Lipinski definition) is 7. The van der Waals surface area contributed by atoms with Crippen LogP contribution in [0.4, 0.5) is 0 Å². The number of benzene rings is 1. The Kier molecular flexibility index (Phi) is 9.59. The van der Waals surface area contributed by atoms with E-state index in [-0.39, 0.29) is 62.3 Å². The zero-order valence-corrected chi connectivity index (χ0v) is 35.4. The SMILES string of the molecule is O=CC12CCC(O)C3CC4C=CCC(C5CCCC5)C4CC(CC4(O)C1CCC15CCC#Cc6ccccc6CC(NCO)C6CC(CC41O)C5(CO)C1=CC(=O)OC16)C32O. The van der Waals surface area contributed by atoms with Crippen molar-refractivity contribution in [2.75, 3.05) is 13.3 Å². The van der Waals surface area contributed by atoms with Crippen LogP contribution in [-0.2, 0) is 20.7 Å². The lowest BCUT2D eigenvalue weighted by Crippen LogP contribution is -2.81. The molecule has 10 heteroatoms. The highest BCUT2D eigenvalue weighted by molar-refractivity contribution is 5.87. The van der Waals surface area contributed by atoms with Gasteiger partial charge >= 0.3 is 5.97 Å². The molecule has 7 fully saturated rings. The Balaban J connectivity index is 1.09. The fourth-order valence-electron chi connectivity index (χ4n) is 18.2. The van der Waals surface area contributed by atoms with E-state index in [1.165, 1.54) is 25.7 Å². The monoisotopic (exact) mass is 835 g/mol. The minimum Gasteiger partial charge on any atom is -0.454 e. The van der Waals surface area contributed by atoms with E-state index in [9.17, 15) is 40.2 Å². The van der Waals surface area contributed by atoms with E-state index in [1.807, 2.05) is 24.3 Å². The number of hydrogen-bond acceptors (Lipinski definition) is 10. The third-order valence-corrected chi connectivity index (χ3v) is 20.4. The number of aldehydes is 1. The number of esters is 1. The van der Waals surface area contributed by atoms with Gasteiger partial charge in [-0.05, 0) is 130 Å². The molecule has 328 valence electrons. The first-order chi connectivity index (χ1) is 29.4. The van der Waals surface area contributed by atoms with Gasteiger partial charge in [0.05, 0.1) is 36.1 Å². The van der Waals surface area contributed by atoms with Crippen LogP contribution in [0.3, 0.4) is 0 Å². The second-order valence-electron chi connectivity index (χ2n) is 21.7. The third-order valence-electron chi connectivity index (χ3n) is 20.4. The van der Waals surface area contributed by atoms with Crippen molar-refractivity contribution in [3.05, 3.63) is 59.2 Å². The Morgan fingerprint density at radius 3 is 2.51 bits per heavy atom. The zero-order chi connectivity index (χ0) is 42.2. The van der Waals surface area contributed by atoms with Gasteiger partial charge < -0.3 is 40.2 Å². The molecule has 61 heavy (non-hydrogen) atoms. The van der Waals surface area contributed by atoms with Crippen LogP contribution in [0.5, 0.6) is 0 Å². The smallest absolute Gasteiger partial charge is 0.331 e. The van der Waals surface area contributed by atoms with Crippen molar-refractivity contribution < 1.29 is 45.0 Å². The predicted octanol–water partition coefficient (Wildman–Crippen LogP) is 4.51. The largest absolute Gasteiger partial charge is 0.454 e. The van der Waals surface area contributed by atoms with Gasteiger partial charge in [0.2, 0.25) is 0 Å². The van der Waals surface area contributed by atoms with Gasteiger partial charge in [-0.3, -0.25) is 5.32 Å². The van der Waals surface area contributed by atoms with Crippen LogP contribution < -0.4 is 5.32 Å². The lowest BCUT2D eigenvalue weighted by Gasteiger charge is -2.72. The highest BCUT2D eigenvalue weighted by Gasteiger charge is 2.86. The predicted molar refractivity (Wildman–Crippen MR) is 225 cm³/mol. The van der Waals surface area contributed by atoms with Crippen molar-refractivity contribution >= 4 is 12.3 Å². The number of aliphatic hydroxyl groups is 6. The summed E-state index contributed by atoms with van der Waals surface area (Å²) in [6, 6.07) is 7.63. The number of nitrogens with one attached hydrogen (secondary N) is 1. The highest BCUT2D eigenvalue weighted by atomic mass is 16.5. The van der Waals surface area contributed by atoms with Crippen molar-refractivity contribution in [3.63, 3.8) is 0 Å². The summed E-state index contributed by atoms with van der Waals surface area (Å²) in [6.07, 6.45) is 15.7. The molecule has 0 aromatic heterocycles. The van der Waals surface area contributed by atoms with Crippen LogP contribution in [0.15, 0.2) is 48.1 Å². The van der Waals surface area contributed by atoms with Gasteiger partial charge in [0.1, 0.15) is 18.0 Å². The summed E-state index contributed by atoms with van der Waals surface area (Å²) in [5.74, 6) is 5.11. The van der Waals surface area contributed by atoms with Gasteiger partial charge in [0.25, 0.3) is 0 Å². The van der Waals surface area contributed by atoms with E-state index < -0.39 is 69.0 Å². The van der Waals surface area contributed by atoms with Crippen molar-refractivity contribution in [2.24, 2.45) is 69.5 Å². The van der Waals surface area contributed by atoms with E-state index in [0.29, 0.717) is 75.2 Å². The van der Waals surface area contributed by atoms with Gasteiger partial charge in [-0.2, -0.15) is 0 Å². The normalized spacial score (nSPS) is 50.6. The molecule has 1 aromatic rings. The summed E-state index contributed by atoms with van der Waals surface area (Å²) < 4.78 is 6.24. The minimum atomic E-state index is -1.85. The van der Waals surface area contributed by atoms with E-state index in [4.69, 9.17) is 4.74 Å². The van der Waals surface area contributed by atoms with E-state index in [0.717, 1.165) is 23.8 Å². The van der Waals surface area contributed by atoms with Gasteiger partial charge in [-0.15, -0.1) is 0 Å². The summed E-state index contributed by atoms with van der Waals surface area (Å²) in [6.45, 7) is -0.662. The standard InChI is InChI=1S/C51H65NO9/c53-27-46-18-15-42(56)39-20-33-13-7-14-36(31-10-2-3-11-31)37(33)23-35(51(39,46)60)25-49(58)43(46)16-19-47-17-6-5-9-30-8-1-4-12-32(30)21-41(52-29-55)38-22-34(26-50(47,49)59)48(47,28-54)40-24-44(57)61-45(38)40/h1,4,7-8,12-13,24,27,31,33-39,41-43,45,52,54-56,58-60H,2-3,6,10-11,14-23,25-26,28-29H2. The van der Waals surface area contributed by atoms with Crippen LogP contribution in [0, 0.1) is 81.3 Å². The maximum atomic E-state index is 14.4. The number of aliphatic hydroxyl groups excluding tert-OH is 3. The molecule has 7 N–H and O–H groups in total. The Labute approximate surface area is 359 Å². The van der Waals surface area contributed by atoms with Crippen molar-refractivity contribution in [1.29, 1.82) is 0 Å². The summed E-state index contributed by atoms with van der Waals surface area (Å²) in [4.78, 5) is 27.9. The van der Waals surface area contributed by atoms with Crippen LogP contribution in [0.2, 0.25) is 0 Å². The first-order valence-electron chi connectivity index (χ1n) is 23.9. The Morgan fingerprint density at radius 2 is 1.72 bits per heavy atom. The van der Waals surface area contributed by atoms with Crippen LogP contribution in [0.1, 0.15) is 114 Å². The Hall–Kier alpha value is -2.88. The molecular weight excluding hydrogens is 771 g/mol. The molecule has 0 saturated heterocycles. The van der Waals surface area contributed by atoms with Crippen LogP contribution >= 0.6 is 0 Å². The molecule has 1 aliphatic heterocycles. The van der Waals surface area contributed by atoms with E-state index in [1.54, 1.807) is 6.08 Å².